The summed E-state index contributed by atoms with van der Waals surface area (Å²) in [6.07, 6.45) is 0. The van der Waals surface area contributed by atoms with Crippen LogP contribution in [0.4, 0.5) is 5.13 Å². The van der Waals surface area contributed by atoms with Crippen molar-refractivity contribution in [3.8, 4) is 11.3 Å². The number of nitrogens with one attached hydrogen (secondary N) is 1. The SMILES string of the molecule is Cc1ccc(C(=O)OCC(=O)Nc2nc(-c3cccc(Br)c3)cs2)cc1S(=O)(=O)N1CCOCC1. The molecule has 2 heterocycles. The number of benzene rings is 2. The number of aromatic nitrogens is 1. The van der Waals surface area contributed by atoms with Gasteiger partial charge >= 0.3 is 5.97 Å². The predicted molar refractivity (Wildman–Crippen MR) is 135 cm³/mol. The van der Waals surface area contributed by atoms with Gasteiger partial charge in [-0.05, 0) is 36.8 Å². The third-order valence-electron chi connectivity index (χ3n) is 5.22. The van der Waals surface area contributed by atoms with Gasteiger partial charge in [0.1, 0.15) is 0 Å². The molecule has 9 nitrogen and oxygen atoms in total. The highest BCUT2D eigenvalue weighted by molar-refractivity contribution is 9.10. The van der Waals surface area contributed by atoms with Crippen LogP contribution < -0.4 is 5.32 Å². The number of esters is 1. The molecule has 0 bridgehead atoms. The van der Waals surface area contributed by atoms with E-state index in [4.69, 9.17) is 9.47 Å². The first-order valence-electron chi connectivity index (χ1n) is 10.6. The lowest BCUT2D eigenvalue weighted by atomic mass is 10.1. The van der Waals surface area contributed by atoms with E-state index in [1.165, 1.54) is 27.8 Å². The van der Waals surface area contributed by atoms with Crippen LogP contribution in [0.1, 0.15) is 15.9 Å². The molecule has 2 aromatic carbocycles. The molecule has 12 heteroatoms. The van der Waals surface area contributed by atoms with Gasteiger partial charge in [0.15, 0.2) is 11.7 Å². The molecule has 1 aliphatic rings. The lowest BCUT2D eigenvalue weighted by Crippen LogP contribution is -2.40. The van der Waals surface area contributed by atoms with E-state index in [0.29, 0.717) is 29.6 Å². The monoisotopic (exact) mass is 579 g/mol. The molecule has 0 aliphatic carbocycles. The van der Waals surface area contributed by atoms with E-state index in [-0.39, 0.29) is 23.5 Å². The maximum Gasteiger partial charge on any atom is 0.338 e. The van der Waals surface area contributed by atoms with Crippen LogP contribution in [0.25, 0.3) is 11.3 Å². The number of anilines is 1. The first kappa shape index (κ1) is 25.5. The number of ether oxygens (including phenoxy) is 2. The minimum Gasteiger partial charge on any atom is -0.452 e. The van der Waals surface area contributed by atoms with E-state index in [1.54, 1.807) is 13.0 Å². The third-order valence-corrected chi connectivity index (χ3v) is 8.51. The van der Waals surface area contributed by atoms with Crippen LogP contribution in [0.5, 0.6) is 0 Å². The number of rotatable bonds is 7. The zero-order valence-corrected chi connectivity index (χ0v) is 21.9. The molecule has 1 aliphatic heterocycles. The van der Waals surface area contributed by atoms with Gasteiger partial charge in [-0.2, -0.15) is 4.31 Å². The van der Waals surface area contributed by atoms with Crippen molar-refractivity contribution in [1.82, 2.24) is 9.29 Å². The van der Waals surface area contributed by atoms with Gasteiger partial charge < -0.3 is 9.47 Å². The maximum atomic E-state index is 13.0. The average molecular weight is 580 g/mol. The second-order valence-corrected chi connectivity index (χ2v) is 11.3. The average Bonchev–Trinajstić information content (AvgIpc) is 3.31. The Morgan fingerprint density at radius 1 is 1.20 bits per heavy atom. The summed E-state index contributed by atoms with van der Waals surface area (Å²) < 4.78 is 38.6. The Balaban J connectivity index is 1.38. The molecule has 0 spiro atoms. The predicted octanol–water partition coefficient (Wildman–Crippen LogP) is 3.70. The summed E-state index contributed by atoms with van der Waals surface area (Å²) in [6.45, 7) is 2.25. The quantitative estimate of drug-likeness (QED) is 0.424. The molecule has 4 rings (SSSR count). The Kier molecular flexibility index (Phi) is 7.97. The van der Waals surface area contributed by atoms with Gasteiger partial charge in [-0.15, -0.1) is 11.3 Å². The first-order chi connectivity index (χ1) is 16.7. The van der Waals surface area contributed by atoms with Crippen LogP contribution in [0, 0.1) is 6.92 Å². The zero-order chi connectivity index (χ0) is 25.0. The maximum absolute atomic E-state index is 13.0. The molecular formula is C23H22BrN3O6S2. The number of nitrogens with zero attached hydrogens (tertiary/aromatic N) is 2. The summed E-state index contributed by atoms with van der Waals surface area (Å²) in [7, 11) is -3.79. The fourth-order valence-electron chi connectivity index (χ4n) is 3.41. The number of hydrogen-bond acceptors (Lipinski definition) is 8. The van der Waals surface area contributed by atoms with Crippen molar-refractivity contribution in [2.75, 3.05) is 38.2 Å². The first-order valence-corrected chi connectivity index (χ1v) is 13.7. The number of carbonyl (C=O) groups excluding carboxylic acids is 2. The molecule has 184 valence electrons. The molecular weight excluding hydrogens is 558 g/mol. The highest BCUT2D eigenvalue weighted by atomic mass is 79.9. The summed E-state index contributed by atoms with van der Waals surface area (Å²) in [5, 5.41) is 4.79. The molecule has 1 amide bonds. The number of sulfonamides is 1. The molecule has 0 radical (unpaired) electrons. The molecule has 1 saturated heterocycles. The number of halogens is 1. The van der Waals surface area contributed by atoms with Crippen LogP contribution in [0.2, 0.25) is 0 Å². The fourth-order valence-corrected chi connectivity index (χ4v) is 6.21. The van der Waals surface area contributed by atoms with Crippen molar-refractivity contribution in [1.29, 1.82) is 0 Å². The van der Waals surface area contributed by atoms with Gasteiger partial charge in [0.25, 0.3) is 5.91 Å². The smallest absolute Gasteiger partial charge is 0.338 e. The van der Waals surface area contributed by atoms with Crippen molar-refractivity contribution in [3.63, 3.8) is 0 Å². The van der Waals surface area contributed by atoms with E-state index < -0.39 is 28.5 Å². The number of aryl methyl sites for hydroxylation is 1. The second-order valence-electron chi connectivity index (χ2n) is 7.67. The van der Waals surface area contributed by atoms with Crippen molar-refractivity contribution in [3.05, 3.63) is 63.4 Å². The van der Waals surface area contributed by atoms with Gasteiger partial charge in [-0.1, -0.05) is 34.1 Å². The summed E-state index contributed by atoms with van der Waals surface area (Å²) in [4.78, 5) is 29.2. The standard InChI is InChI=1S/C23H22BrN3O6S2/c1-15-5-6-17(12-20(15)35(30,31)27-7-9-32-10-8-27)22(29)33-13-21(28)26-23-25-19(14-34-23)16-3-2-4-18(24)11-16/h2-6,11-12,14H,7-10,13H2,1H3,(H,25,26,28). The van der Waals surface area contributed by atoms with Crippen LogP contribution in [0.15, 0.2) is 57.2 Å². The summed E-state index contributed by atoms with van der Waals surface area (Å²) in [6, 6.07) is 11.9. The van der Waals surface area contributed by atoms with Gasteiger partial charge in [0.2, 0.25) is 10.0 Å². The van der Waals surface area contributed by atoms with Gasteiger partial charge in [-0.3, -0.25) is 10.1 Å². The van der Waals surface area contributed by atoms with E-state index in [2.05, 4.69) is 26.2 Å². The summed E-state index contributed by atoms with van der Waals surface area (Å²) in [5.41, 5.74) is 2.15. The Labute approximate surface area is 215 Å². The Hall–Kier alpha value is -2.64. The molecule has 0 atom stereocenters. The number of thiazole rings is 1. The minimum absolute atomic E-state index is 0.0289. The topological polar surface area (TPSA) is 115 Å². The second kappa shape index (κ2) is 11.0. The highest BCUT2D eigenvalue weighted by Gasteiger charge is 2.28. The van der Waals surface area contributed by atoms with Crippen LogP contribution in [0.3, 0.4) is 0 Å². The third kappa shape index (κ3) is 6.14. The number of hydrogen-bond donors (Lipinski definition) is 1. The normalized spacial score (nSPS) is 14.5. The van der Waals surface area contributed by atoms with Crippen molar-refractivity contribution in [2.45, 2.75) is 11.8 Å². The van der Waals surface area contributed by atoms with Gasteiger partial charge in [0.05, 0.1) is 29.4 Å². The lowest BCUT2D eigenvalue weighted by Gasteiger charge is -2.26. The Bertz CT molecular complexity index is 1350. The summed E-state index contributed by atoms with van der Waals surface area (Å²) in [5.74, 6) is -1.35. The molecule has 0 saturated carbocycles. The minimum atomic E-state index is -3.79. The van der Waals surface area contributed by atoms with Crippen molar-refractivity contribution >= 4 is 54.3 Å². The van der Waals surface area contributed by atoms with Crippen molar-refractivity contribution in [2.24, 2.45) is 0 Å². The van der Waals surface area contributed by atoms with Crippen LogP contribution in [-0.4, -0.2) is 62.5 Å². The largest absolute Gasteiger partial charge is 0.452 e. The van der Waals surface area contributed by atoms with Gasteiger partial charge in [-0.25, -0.2) is 18.2 Å². The molecule has 1 aromatic heterocycles. The Morgan fingerprint density at radius 3 is 2.71 bits per heavy atom. The van der Waals surface area contributed by atoms with Crippen LogP contribution in [-0.2, 0) is 24.3 Å². The summed E-state index contributed by atoms with van der Waals surface area (Å²) >= 11 is 4.67. The molecule has 35 heavy (non-hydrogen) atoms. The number of morpholine rings is 1. The van der Waals surface area contributed by atoms with E-state index in [0.717, 1.165) is 10.0 Å². The molecule has 1 fully saturated rings. The van der Waals surface area contributed by atoms with E-state index >= 15 is 0 Å². The highest BCUT2D eigenvalue weighted by Crippen LogP contribution is 2.27. The van der Waals surface area contributed by atoms with E-state index in [1.807, 2.05) is 29.6 Å². The number of carbonyl (C=O) groups is 2. The number of amides is 1. The molecule has 1 N–H and O–H groups in total. The fraction of sp³-hybridized carbons (Fsp3) is 0.261. The molecule has 3 aromatic rings. The zero-order valence-electron chi connectivity index (χ0n) is 18.7. The van der Waals surface area contributed by atoms with E-state index in [9.17, 15) is 18.0 Å². The van der Waals surface area contributed by atoms with Crippen LogP contribution >= 0.6 is 27.3 Å². The van der Waals surface area contributed by atoms with Gasteiger partial charge in [0, 0.05) is 28.5 Å². The molecule has 0 unspecified atom stereocenters. The Morgan fingerprint density at radius 2 is 1.97 bits per heavy atom. The lowest BCUT2D eigenvalue weighted by molar-refractivity contribution is -0.119. The van der Waals surface area contributed by atoms with Crippen molar-refractivity contribution < 1.29 is 27.5 Å².